The van der Waals surface area contributed by atoms with Gasteiger partial charge in [0.05, 0.1) is 11.6 Å². The summed E-state index contributed by atoms with van der Waals surface area (Å²) in [6, 6.07) is 0.299. The van der Waals surface area contributed by atoms with Crippen LogP contribution in [0.1, 0.15) is 13.8 Å². The first kappa shape index (κ1) is 8.85. The van der Waals surface area contributed by atoms with Gasteiger partial charge < -0.3 is 10.1 Å². The number of nitrogens with one attached hydrogen (secondary N) is 1. The number of ether oxygens (including phenoxy) is 1. The Morgan fingerprint density at radius 1 is 1.56 bits per heavy atom. The fourth-order valence-electron chi connectivity index (χ4n) is 0.447. The molecule has 0 bridgehead atoms. The summed E-state index contributed by atoms with van der Waals surface area (Å²) in [5.41, 5.74) is 1.51. The molecule has 0 aromatic rings. The number of methoxy groups -OCH3 is 1. The van der Waals surface area contributed by atoms with Crippen LogP contribution in [0.3, 0.4) is 0 Å². The lowest BCUT2D eigenvalue weighted by Gasteiger charge is -2.17. The van der Waals surface area contributed by atoms with E-state index in [0.717, 1.165) is 0 Å². The van der Waals surface area contributed by atoms with E-state index in [2.05, 4.69) is 17.5 Å². The van der Waals surface area contributed by atoms with E-state index in [9.17, 15) is 0 Å². The molecule has 0 aliphatic heterocycles. The Morgan fingerprint density at radius 3 is 2.44 bits per heavy atom. The van der Waals surface area contributed by atoms with Crippen molar-refractivity contribution in [1.82, 2.24) is 5.32 Å². The molecule has 1 unspecified atom stereocenters. The van der Waals surface area contributed by atoms with Crippen molar-refractivity contribution in [3.05, 3.63) is 0 Å². The molecule has 0 amide bonds. The summed E-state index contributed by atoms with van der Waals surface area (Å²) >= 11 is 4.60. The summed E-state index contributed by atoms with van der Waals surface area (Å²) in [6.07, 6.45) is 0.212. The summed E-state index contributed by atoms with van der Waals surface area (Å²) in [6.45, 7) is 4.02. The van der Waals surface area contributed by atoms with E-state index >= 15 is 0 Å². The van der Waals surface area contributed by atoms with Gasteiger partial charge in [0.1, 0.15) is 0 Å². The van der Waals surface area contributed by atoms with Gasteiger partial charge in [0, 0.05) is 13.2 Å². The Hall–Kier alpha value is -0.150. The second kappa shape index (κ2) is 4.70. The number of thiocarbonyl (C=S) groups is 1. The first-order valence-electron chi connectivity index (χ1n) is 2.95. The molecule has 0 saturated heterocycles. The van der Waals surface area contributed by atoms with Crippen LogP contribution in [0.2, 0.25) is 0 Å². The number of hydrogen-bond donors (Lipinski definition) is 1. The molecule has 0 rings (SSSR count). The average Bonchev–Trinajstić information content (AvgIpc) is 1.87. The van der Waals surface area contributed by atoms with Gasteiger partial charge in [-0.3, -0.25) is 0 Å². The van der Waals surface area contributed by atoms with Crippen molar-refractivity contribution < 1.29 is 4.74 Å². The van der Waals surface area contributed by atoms with Gasteiger partial charge in [-0.15, -0.1) is 0 Å². The first-order chi connectivity index (χ1) is 4.22. The van der Waals surface area contributed by atoms with Crippen LogP contribution < -0.4 is 5.32 Å². The quantitative estimate of drug-likeness (QED) is 0.598. The summed E-state index contributed by atoms with van der Waals surface area (Å²) in [5, 5.41) is 2.96. The largest absolute Gasteiger partial charge is 0.380 e. The van der Waals surface area contributed by atoms with Crippen molar-refractivity contribution in [2.75, 3.05) is 7.11 Å². The fourth-order valence-corrected chi connectivity index (χ4v) is 0.662. The van der Waals surface area contributed by atoms with Crippen LogP contribution in [-0.2, 0) is 4.74 Å². The Labute approximate surface area is 61.6 Å². The predicted octanol–water partition coefficient (Wildman–Crippen LogP) is 0.957. The summed E-state index contributed by atoms with van der Waals surface area (Å²) < 4.78 is 5.04. The zero-order valence-electron chi connectivity index (χ0n) is 6.05. The van der Waals surface area contributed by atoms with Crippen molar-refractivity contribution in [2.45, 2.75) is 26.0 Å². The van der Waals surface area contributed by atoms with Crippen LogP contribution in [0.15, 0.2) is 0 Å². The van der Waals surface area contributed by atoms with Gasteiger partial charge in [-0.1, -0.05) is 12.2 Å². The molecule has 3 heteroatoms. The Balaban J connectivity index is 3.44. The Bertz CT molecular complexity index is 87.1. The van der Waals surface area contributed by atoms with Crippen LogP contribution in [0.5, 0.6) is 0 Å². The van der Waals surface area contributed by atoms with E-state index < -0.39 is 0 Å². The third-order valence-corrected chi connectivity index (χ3v) is 1.54. The van der Waals surface area contributed by atoms with Gasteiger partial charge >= 0.3 is 0 Å². The minimum Gasteiger partial charge on any atom is -0.380 e. The minimum atomic E-state index is 0.212. The molecule has 0 heterocycles. The molecular formula is C6H13NOS. The van der Waals surface area contributed by atoms with Gasteiger partial charge in [0.15, 0.2) is 0 Å². The zero-order valence-corrected chi connectivity index (χ0v) is 6.87. The van der Waals surface area contributed by atoms with Crippen LogP contribution in [0.25, 0.3) is 0 Å². The van der Waals surface area contributed by atoms with Gasteiger partial charge in [0.2, 0.25) is 0 Å². The topological polar surface area (TPSA) is 21.3 Å². The van der Waals surface area contributed by atoms with E-state index in [1.807, 2.05) is 13.8 Å². The Kier molecular flexibility index (Phi) is 4.62. The fraction of sp³-hybridized carbons (Fsp3) is 0.833. The highest BCUT2D eigenvalue weighted by molar-refractivity contribution is 7.78. The highest BCUT2D eigenvalue weighted by atomic mass is 32.1. The molecule has 9 heavy (non-hydrogen) atoms. The standard InChI is InChI=1S/C6H13NOS/c1-5(7-4-9)6(2)8-3/h4-6H,1-3H3,(H,7,9)/t5-,6?/m0/s1. The smallest absolute Gasteiger partial charge is 0.0741 e. The average molecular weight is 147 g/mol. The van der Waals surface area contributed by atoms with Crippen LogP contribution >= 0.6 is 12.2 Å². The third-order valence-electron chi connectivity index (χ3n) is 1.41. The van der Waals surface area contributed by atoms with Gasteiger partial charge in [-0.2, -0.15) is 0 Å². The highest BCUT2D eigenvalue weighted by Crippen LogP contribution is 1.93. The van der Waals surface area contributed by atoms with E-state index in [1.54, 1.807) is 7.11 Å². The van der Waals surface area contributed by atoms with Gasteiger partial charge in [-0.25, -0.2) is 0 Å². The zero-order chi connectivity index (χ0) is 7.28. The molecule has 0 spiro atoms. The number of rotatable bonds is 4. The molecule has 1 N–H and O–H groups in total. The molecule has 54 valence electrons. The first-order valence-corrected chi connectivity index (χ1v) is 3.42. The van der Waals surface area contributed by atoms with Crippen molar-refractivity contribution in [3.63, 3.8) is 0 Å². The predicted molar refractivity (Wildman–Crippen MR) is 42.7 cm³/mol. The lowest BCUT2D eigenvalue weighted by atomic mass is 10.2. The second-order valence-electron chi connectivity index (χ2n) is 2.01. The molecule has 0 aromatic heterocycles. The minimum absolute atomic E-state index is 0.212. The summed E-state index contributed by atoms with van der Waals surface area (Å²) in [4.78, 5) is 0. The molecule has 0 aliphatic carbocycles. The van der Waals surface area contributed by atoms with E-state index in [0.29, 0.717) is 6.04 Å². The lowest BCUT2D eigenvalue weighted by Crippen LogP contribution is -2.35. The van der Waals surface area contributed by atoms with E-state index in [1.165, 1.54) is 5.49 Å². The molecule has 2 nitrogen and oxygen atoms in total. The van der Waals surface area contributed by atoms with Crippen molar-refractivity contribution in [1.29, 1.82) is 0 Å². The molecule has 0 aliphatic rings. The van der Waals surface area contributed by atoms with Crippen LogP contribution in [-0.4, -0.2) is 24.7 Å². The lowest BCUT2D eigenvalue weighted by molar-refractivity contribution is 0.0954. The third kappa shape index (κ3) is 3.43. The van der Waals surface area contributed by atoms with Gasteiger partial charge in [0.25, 0.3) is 0 Å². The molecule has 0 fully saturated rings. The van der Waals surface area contributed by atoms with Gasteiger partial charge in [-0.05, 0) is 13.8 Å². The Morgan fingerprint density at radius 2 is 2.11 bits per heavy atom. The SMILES string of the molecule is COC(C)[C@H](C)NC=S. The maximum Gasteiger partial charge on any atom is 0.0741 e. The van der Waals surface area contributed by atoms with Crippen LogP contribution in [0, 0.1) is 0 Å². The van der Waals surface area contributed by atoms with Crippen molar-refractivity contribution in [3.8, 4) is 0 Å². The monoisotopic (exact) mass is 147 g/mol. The number of hydrogen-bond acceptors (Lipinski definition) is 2. The molecule has 0 radical (unpaired) electrons. The maximum absolute atomic E-state index is 5.04. The van der Waals surface area contributed by atoms with Crippen molar-refractivity contribution in [2.24, 2.45) is 0 Å². The van der Waals surface area contributed by atoms with Crippen molar-refractivity contribution >= 4 is 17.7 Å². The van der Waals surface area contributed by atoms with E-state index in [-0.39, 0.29) is 6.10 Å². The highest BCUT2D eigenvalue weighted by Gasteiger charge is 2.07. The van der Waals surface area contributed by atoms with Crippen LogP contribution in [0.4, 0.5) is 0 Å². The maximum atomic E-state index is 5.04. The molecule has 0 aromatic carbocycles. The molecular weight excluding hydrogens is 134 g/mol. The summed E-state index contributed by atoms with van der Waals surface area (Å²) in [5.74, 6) is 0. The molecule has 2 atom stereocenters. The normalized spacial score (nSPS) is 16.3. The summed E-state index contributed by atoms with van der Waals surface area (Å²) in [7, 11) is 1.69. The van der Waals surface area contributed by atoms with E-state index in [4.69, 9.17) is 4.74 Å². The second-order valence-corrected chi connectivity index (χ2v) is 2.25. The molecule has 0 saturated carbocycles.